The van der Waals surface area contributed by atoms with Gasteiger partial charge < -0.3 is 19.5 Å². The molecule has 3 fully saturated rings. The van der Waals surface area contributed by atoms with Crippen molar-refractivity contribution < 1.29 is 24.2 Å². The fraction of sp³-hybridized carbons (Fsp3) is 0.680. The molecule has 33 heavy (non-hydrogen) atoms. The third kappa shape index (κ3) is 3.23. The topological polar surface area (TPSA) is 76.1 Å². The van der Waals surface area contributed by atoms with Gasteiger partial charge in [0.15, 0.2) is 23.4 Å². The standard InChI is InChI=1S/C25H31NO5S2/c1-26-12-11-24-21-15-6-7-18(30-20(28)5-3-2-4-16-9-13-32-33-16)22(21)31-23(24)17(27)8-10-25(24,29)19(26)14-15/h6-7,16,19,23,29H,2-5,8-14H2,1H3/t16?,19-,23+,24+,25-/m1/s1. The molecule has 6 nitrogen and oxygen atoms in total. The maximum absolute atomic E-state index is 13.0. The quantitative estimate of drug-likeness (QED) is 0.281. The second-order valence-corrected chi connectivity index (χ2v) is 13.1. The molecule has 0 aromatic heterocycles. The van der Waals surface area contributed by atoms with Gasteiger partial charge in [0.1, 0.15) is 0 Å². The molecule has 3 heterocycles. The highest BCUT2D eigenvalue weighted by molar-refractivity contribution is 8.77. The largest absolute Gasteiger partial charge is 0.477 e. The maximum atomic E-state index is 13.0. The van der Waals surface area contributed by atoms with E-state index in [0.29, 0.717) is 43.6 Å². The first-order valence-corrected chi connectivity index (χ1v) is 14.6. The Hall–Kier alpha value is -1.22. The molecule has 1 aromatic rings. The third-order valence-corrected chi connectivity index (χ3v) is 11.6. The van der Waals surface area contributed by atoms with Crippen molar-refractivity contribution in [2.75, 3.05) is 19.3 Å². The number of hydrogen-bond donors (Lipinski definition) is 1. The highest BCUT2D eigenvalue weighted by Crippen LogP contribution is 2.64. The number of carbonyl (C=O) groups excluding carboxylic acids is 2. The molecule has 6 rings (SSSR count). The number of rotatable bonds is 6. The van der Waals surface area contributed by atoms with Crippen LogP contribution in [0.3, 0.4) is 0 Å². The summed E-state index contributed by atoms with van der Waals surface area (Å²) in [7, 11) is 5.98. The number of hydrogen-bond acceptors (Lipinski definition) is 8. The van der Waals surface area contributed by atoms with Crippen LogP contribution in [-0.4, -0.2) is 64.1 Å². The Labute approximate surface area is 202 Å². The lowest BCUT2D eigenvalue weighted by Gasteiger charge is -2.62. The van der Waals surface area contributed by atoms with E-state index in [9.17, 15) is 14.7 Å². The van der Waals surface area contributed by atoms with Crippen molar-refractivity contribution in [1.29, 1.82) is 0 Å². The molecule has 1 N–H and O–H groups in total. The van der Waals surface area contributed by atoms with Crippen LogP contribution in [0.15, 0.2) is 12.1 Å². The van der Waals surface area contributed by atoms with Crippen LogP contribution in [0.25, 0.3) is 0 Å². The Balaban J connectivity index is 1.25. The van der Waals surface area contributed by atoms with Crippen molar-refractivity contribution in [1.82, 2.24) is 4.90 Å². The fourth-order valence-electron chi connectivity index (χ4n) is 6.98. The summed E-state index contributed by atoms with van der Waals surface area (Å²) in [5.74, 6) is 1.94. The first-order chi connectivity index (χ1) is 15.9. The average molecular weight is 490 g/mol. The van der Waals surface area contributed by atoms with Crippen LogP contribution in [0.4, 0.5) is 0 Å². The van der Waals surface area contributed by atoms with Crippen LogP contribution in [0, 0.1) is 0 Å². The molecule has 0 amide bonds. The second-order valence-electron chi connectivity index (χ2n) is 10.3. The molecule has 3 aliphatic heterocycles. The van der Waals surface area contributed by atoms with Gasteiger partial charge in [-0.25, -0.2) is 0 Å². The molecule has 2 bridgehead atoms. The first kappa shape index (κ1) is 22.3. The van der Waals surface area contributed by atoms with Crippen LogP contribution in [0.1, 0.15) is 62.5 Å². The van der Waals surface area contributed by atoms with Crippen molar-refractivity contribution in [3.05, 3.63) is 23.3 Å². The van der Waals surface area contributed by atoms with Crippen LogP contribution >= 0.6 is 21.6 Å². The van der Waals surface area contributed by atoms with E-state index in [-0.39, 0.29) is 17.8 Å². The number of likely N-dealkylation sites (N-methyl/N-ethyl adjacent to an activating group) is 1. The predicted octanol–water partition coefficient (Wildman–Crippen LogP) is 3.66. The SMILES string of the molecule is CN1CC[C@]23c4c5ccc(OC(=O)CCCCC6CCSS6)c4O[C@H]2C(=O)CC[C@@]3(O)[C@H]1C5. The molecule has 178 valence electrons. The fourth-order valence-corrected chi connectivity index (χ4v) is 10.0. The smallest absolute Gasteiger partial charge is 0.311 e. The van der Waals surface area contributed by atoms with Gasteiger partial charge in [-0.05, 0) is 63.7 Å². The van der Waals surface area contributed by atoms with Crippen molar-refractivity contribution in [3.8, 4) is 11.5 Å². The van der Waals surface area contributed by atoms with Crippen LogP contribution in [-0.2, 0) is 21.4 Å². The monoisotopic (exact) mass is 489 g/mol. The minimum atomic E-state index is -1.00. The Morgan fingerprint density at radius 1 is 1.33 bits per heavy atom. The molecule has 5 atom stereocenters. The molecule has 1 aromatic carbocycles. The molecule has 1 spiro atoms. The number of esters is 1. The highest BCUT2D eigenvalue weighted by Gasteiger charge is 2.72. The molecule has 5 aliphatic rings. The Kier molecular flexibility index (Phi) is 5.51. The number of carbonyl (C=O) groups is 2. The van der Waals surface area contributed by atoms with E-state index < -0.39 is 17.1 Å². The Bertz CT molecular complexity index is 995. The van der Waals surface area contributed by atoms with Gasteiger partial charge in [-0.3, -0.25) is 9.59 Å². The summed E-state index contributed by atoms with van der Waals surface area (Å²) < 4.78 is 12.1. The zero-order valence-corrected chi connectivity index (χ0v) is 20.6. The molecule has 8 heteroatoms. The number of ketones is 1. The summed E-state index contributed by atoms with van der Waals surface area (Å²) in [6.07, 6.45) is 6.12. The van der Waals surface area contributed by atoms with Gasteiger partial charge in [0, 0.05) is 35.4 Å². The summed E-state index contributed by atoms with van der Waals surface area (Å²) in [5.41, 5.74) is 0.293. The normalized spacial score (nSPS) is 36.4. The van der Waals surface area contributed by atoms with Crippen molar-refractivity contribution in [3.63, 3.8) is 0 Å². The van der Waals surface area contributed by atoms with Crippen LogP contribution < -0.4 is 9.47 Å². The molecule has 1 unspecified atom stereocenters. The van der Waals surface area contributed by atoms with Gasteiger partial charge in [-0.2, -0.15) is 0 Å². The second kappa shape index (κ2) is 8.18. The Morgan fingerprint density at radius 2 is 2.21 bits per heavy atom. The van der Waals surface area contributed by atoms with Crippen molar-refractivity contribution >= 4 is 33.3 Å². The number of likely N-dealkylation sites (tertiary alicyclic amines) is 1. The lowest BCUT2D eigenvalue weighted by atomic mass is 9.49. The number of ether oxygens (including phenoxy) is 2. The summed E-state index contributed by atoms with van der Waals surface area (Å²) >= 11 is 0. The lowest BCUT2D eigenvalue weighted by Crippen LogP contribution is -2.76. The number of piperidine rings is 1. The predicted molar refractivity (Wildman–Crippen MR) is 129 cm³/mol. The molecule has 2 saturated heterocycles. The summed E-state index contributed by atoms with van der Waals surface area (Å²) in [5, 5.41) is 12.7. The van der Waals surface area contributed by atoms with E-state index >= 15 is 0 Å². The lowest BCUT2D eigenvalue weighted by molar-refractivity contribution is -0.185. The number of Topliss-reactive ketones (excluding diaryl/α,β-unsaturated/α-hetero) is 1. The average Bonchev–Trinajstić information content (AvgIpc) is 3.43. The van der Waals surface area contributed by atoms with E-state index in [4.69, 9.17) is 9.47 Å². The van der Waals surface area contributed by atoms with Gasteiger partial charge in [0.05, 0.1) is 11.0 Å². The zero-order chi connectivity index (χ0) is 22.8. The molecule has 0 radical (unpaired) electrons. The van der Waals surface area contributed by atoms with Gasteiger partial charge in [-0.1, -0.05) is 34.1 Å². The first-order valence-electron chi connectivity index (χ1n) is 12.2. The minimum Gasteiger partial charge on any atom is -0.477 e. The van der Waals surface area contributed by atoms with Crippen molar-refractivity contribution in [2.24, 2.45) is 0 Å². The van der Waals surface area contributed by atoms with Gasteiger partial charge >= 0.3 is 5.97 Å². The summed E-state index contributed by atoms with van der Waals surface area (Å²) in [6.45, 7) is 0.806. The number of nitrogens with zero attached hydrogens (tertiary/aromatic N) is 1. The molecule has 1 saturated carbocycles. The van der Waals surface area contributed by atoms with E-state index in [1.54, 1.807) is 0 Å². The highest BCUT2D eigenvalue weighted by atomic mass is 33.1. The van der Waals surface area contributed by atoms with Crippen LogP contribution in [0.2, 0.25) is 0 Å². The zero-order valence-electron chi connectivity index (χ0n) is 19.0. The minimum absolute atomic E-state index is 0.0336. The van der Waals surface area contributed by atoms with E-state index in [0.717, 1.165) is 42.2 Å². The maximum Gasteiger partial charge on any atom is 0.311 e. The van der Waals surface area contributed by atoms with Crippen molar-refractivity contribution in [2.45, 2.75) is 86.2 Å². The molecular formula is C25H31NO5S2. The van der Waals surface area contributed by atoms with Crippen LogP contribution in [0.5, 0.6) is 11.5 Å². The van der Waals surface area contributed by atoms with E-state index in [2.05, 4.69) is 11.9 Å². The Morgan fingerprint density at radius 3 is 3.03 bits per heavy atom. The summed E-state index contributed by atoms with van der Waals surface area (Å²) in [6, 6.07) is 3.79. The number of unbranched alkanes of at least 4 members (excludes halogenated alkanes) is 1. The number of aliphatic hydroxyl groups is 1. The van der Waals surface area contributed by atoms with E-state index in [1.165, 1.54) is 12.2 Å². The molecule has 2 aliphatic carbocycles. The van der Waals surface area contributed by atoms with Gasteiger partial charge in [0.2, 0.25) is 0 Å². The number of benzene rings is 1. The van der Waals surface area contributed by atoms with E-state index in [1.807, 2.05) is 33.7 Å². The third-order valence-electron chi connectivity index (χ3n) is 8.62. The van der Waals surface area contributed by atoms with Gasteiger partial charge in [-0.15, -0.1) is 0 Å². The van der Waals surface area contributed by atoms with Gasteiger partial charge in [0.25, 0.3) is 0 Å². The molecular weight excluding hydrogens is 458 g/mol. The summed E-state index contributed by atoms with van der Waals surface area (Å²) in [4.78, 5) is 27.9.